The molecule has 0 aliphatic heterocycles. The summed E-state index contributed by atoms with van der Waals surface area (Å²) in [4.78, 5) is 24.2. The van der Waals surface area contributed by atoms with Gasteiger partial charge in [-0.1, -0.05) is 25.1 Å². The van der Waals surface area contributed by atoms with Crippen LogP contribution in [-0.2, 0) is 4.79 Å². The second kappa shape index (κ2) is 5.91. The number of carbonyl (C=O) groups excluding carboxylic acids is 2. The van der Waals surface area contributed by atoms with Crippen LogP contribution in [0.25, 0.3) is 5.69 Å². The number of rotatable bonds is 3. The Hall–Kier alpha value is -2.56. The minimum Gasteiger partial charge on any atom is -0.318 e. The SMILES string of the molecule is Cc1cc(C(=O)NNC(=O)[C@@H]2C[C@@H]2C)c(C)n1-c1ccccc1. The highest BCUT2D eigenvalue weighted by atomic mass is 16.2. The van der Waals surface area contributed by atoms with Gasteiger partial charge in [0.15, 0.2) is 0 Å². The van der Waals surface area contributed by atoms with Crippen molar-refractivity contribution < 1.29 is 9.59 Å². The molecule has 2 aromatic rings. The van der Waals surface area contributed by atoms with Gasteiger partial charge >= 0.3 is 0 Å². The lowest BCUT2D eigenvalue weighted by Gasteiger charge is -2.10. The van der Waals surface area contributed by atoms with Gasteiger partial charge in [-0.15, -0.1) is 0 Å². The van der Waals surface area contributed by atoms with Crippen LogP contribution in [0.5, 0.6) is 0 Å². The van der Waals surface area contributed by atoms with E-state index in [9.17, 15) is 9.59 Å². The zero-order valence-corrected chi connectivity index (χ0v) is 13.6. The Morgan fingerprint density at radius 3 is 2.39 bits per heavy atom. The van der Waals surface area contributed by atoms with Crippen molar-refractivity contribution in [3.8, 4) is 5.69 Å². The lowest BCUT2D eigenvalue weighted by atomic mass is 10.2. The fourth-order valence-electron chi connectivity index (χ4n) is 2.93. The summed E-state index contributed by atoms with van der Waals surface area (Å²) in [6.45, 7) is 5.89. The zero-order valence-electron chi connectivity index (χ0n) is 13.6. The molecule has 0 saturated heterocycles. The number of benzene rings is 1. The molecule has 5 nitrogen and oxygen atoms in total. The molecule has 1 saturated carbocycles. The van der Waals surface area contributed by atoms with Crippen molar-refractivity contribution in [3.05, 3.63) is 53.3 Å². The number of hydrogen-bond donors (Lipinski definition) is 2. The Bertz CT molecular complexity index is 749. The van der Waals surface area contributed by atoms with E-state index in [2.05, 4.69) is 10.9 Å². The van der Waals surface area contributed by atoms with E-state index < -0.39 is 0 Å². The Balaban J connectivity index is 1.75. The first-order valence-electron chi connectivity index (χ1n) is 7.83. The van der Waals surface area contributed by atoms with E-state index in [1.54, 1.807) is 0 Å². The monoisotopic (exact) mass is 311 g/mol. The number of nitrogens with zero attached hydrogens (tertiary/aromatic N) is 1. The Labute approximate surface area is 135 Å². The summed E-state index contributed by atoms with van der Waals surface area (Å²) in [6, 6.07) is 11.7. The molecule has 2 atom stereocenters. The number of hydrogen-bond acceptors (Lipinski definition) is 2. The molecule has 1 aromatic heterocycles. The van der Waals surface area contributed by atoms with Crippen LogP contribution in [0.3, 0.4) is 0 Å². The molecule has 5 heteroatoms. The largest absolute Gasteiger partial charge is 0.318 e. The molecular weight excluding hydrogens is 290 g/mol. The molecule has 0 unspecified atom stereocenters. The predicted molar refractivity (Wildman–Crippen MR) is 88.1 cm³/mol. The van der Waals surface area contributed by atoms with E-state index in [1.807, 2.05) is 61.7 Å². The maximum Gasteiger partial charge on any atom is 0.271 e. The molecule has 2 N–H and O–H groups in total. The van der Waals surface area contributed by atoms with Crippen LogP contribution in [0, 0.1) is 25.7 Å². The van der Waals surface area contributed by atoms with E-state index >= 15 is 0 Å². The van der Waals surface area contributed by atoms with Gasteiger partial charge in [0.25, 0.3) is 5.91 Å². The smallest absolute Gasteiger partial charge is 0.271 e. The minimum atomic E-state index is -0.290. The molecule has 120 valence electrons. The Morgan fingerprint density at radius 2 is 1.78 bits per heavy atom. The summed E-state index contributed by atoms with van der Waals surface area (Å²) in [7, 11) is 0. The van der Waals surface area contributed by atoms with Crippen molar-refractivity contribution in [2.45, 2.75) is 27.2 Å². The molecular formula is C18H21N3O2. The third-order valence-electron chi connectivity index (χ3n) is 4.44. The molecule has 0 radical (unpaired) electrons. The number of aryl methyl sites for hydroxylation is 1. The van der Waals surface area contributed by atoms with Gasteiger partial charge in [0.05, 0.1) is 5.56 Å². The lowest BCUT2D eigenvalue weighted by molar-refractivity contribution is -0.123. The lowest BCUT2D eigenvalue weighted by Crippen LogP contribution is -2.42. The maximum absolute atomic E-state index is 12.4. The molecule has 0 spiro atoms. The maximum atomic E-state index is 12.4. The second-order valence-electron chi connectivity index (χ2n) is 6.22. The summed E-state index contributed by atoms with van der Waals surface area (Å²) in [5, 5.41) is 0. The van der Waals surface area contributed by atoms with Crippen molar-refractivity contribution >= 4 is 11.8 Å². The molecule has 1 fully saturated rings. The predicted octanol–water partition coefficient (Wildman–Crippen LogP) is 2.51. The average Bonchev–Trinajstić information content (AvgIpc) is 3.20. The number of carbonyl (C=O) groups is 2. The van der Waals surface area contributed by atoms with Crippen molar-refractivity contribution in [1.82, 2.24) is 15.4 Å². The second-order valence-corrected chi connectivity index (χ2v) is 6.22. The van der Waals surface area contributed by atoms with Crippen LogP contribution in [0.4, 0.5) is 0 Å². The van der Waals surface area contributed by atoms with Crippen LogP contribution in [0.15, 0.2) is 36.4 Å². The van der Waals surface area contributed by atoms with Crippen LogP contribution in [0.1, 0.15) is 35.1 Å². The number of hydrazine groups is 1. The minimum absolute atomic E-state index is 0.0343. The van der Waals surface area contributed by atoms with E-state index in [0.717, 1.165) is 23.5 Å². The fraction of sp³-hybridized carbons (Fsp3) is 0.333. The quantitative estimate of drug-likeness (QED) is 0.856. The van der Waals surface area contributed by atoms with Gasteiger partial charge in [-0.2, -0.15) is 0 Å². The number of para-hydroxylation sites is 1. The van der Waals surface area contributed by atoms with Crippen molar-refractivity contribution in [2.24, 2.45) is 11.8 Å². The van der Waals surface area contributed by atoms with E-state index in [4.69, 9.17) is 0 Å². The summed E-state index contributed by atoms with van der Waals surface area (Å²) >= 11 is 0. The van der Waals surface area contributed by atoms with Crippen LogP contribution >= 0.6 is 0 Å². The molecule has 23 heavy (non-hydrogen) atoms. The topological polar surface area (TPSA) is 63.1 Å². The normalized spacial score (nSPS) is 19.3. The number of aromatic nitrogens is 1. The fourth-order valence-corrected chi connectivity index (χ4v) is 2.93. The summed E-state index contributed by atoms with van der Waals surface area (Å²) < 4.78 is 2.03. The van der Waals surface area contributed by atoms with Crippen molar-refractivity contribution in [1.29, 1.82) is 0 Å². The van der Waals surface area contributed by atoms with Crippen molar-refractivity contribution in [2.75, 3.05) is 0 Å². The van der Waals surface area contributed by atoms with E-state index in [0.29, 0.717) is 11.5 Å². The molecule has 0 bridgehead atoms. The highest BCUT2D eigenvalue weighted by molar-refractivity contribution is 5.97. The van der Waals surface area contributed by atoms with Crippen molar-refractivity contribution in [3.63, 3.8) is 0 Å². The number of nitrogens with one attached hydrogen (secondary N) is 2. The van der Waals surface area contributed by atoms with E-state index in [-0.39, 0.29) is 17.7 Å². The Kier molecular flexibility index (Phi) is 3.94. The van der Waals surface area contributed by atoms with Gasteiger partial charge in [0.1, 0.15) is 0 Å². The van der Waals surface area contributed by atoms with Gasteiger partial charge < -0.3 is 4.57 Å². The highest BCUT2D eigenvalue weighted by Gasteiger charge is 2.39. The molecule has 1 heterocycles. The van der Waals surface area contributed by atoms with Gasteiger partial charge in [0.2, 0.25) is 5.91 Å². The first-order chi connectivity index (χ1) is 11.0. The van der Waals surface area contributed by atoms with Gasteiger partial charge in [0, 0.05) is 23.0 Å². The third kappa shape index (κ3) is 2.99. The molecule has 1 aliphatic rings. The first-order valence-corrected chi connectivity index (χ1v) is 7.83. The third-order valence-corrected chi connectivity index (χ3v) is 4.44. The zero-order chi connectivity index (χ0) is 16.6. The number of amides is 2. The van der Waals surface area contributed by atoms with Gasteiger partial charge in [-0.25, -0.2) is 0 Å². The molecule has 2 amide bonds. The molecule has 1 aliphatic carbocycles. The van der Waals surface area contributed by atoms with Gasteiger partial charge in [-0.3, -0.25) is 20.4 Å². The summed E-state index contributed by atoms with van der Waals surface area (Å²) in [5.41, 5.74) is 8.44. The van der Waals surface area contributed by atoms with Crippen LogP contribution < -0.4 is 10.9 Å². The molecule has 3 rings (SSSR count). The van der Waals surface area contributed by atoms with E-state index in [1.165, 1.54) is 0 Å². The Morgan fingerprint density at radius 1 is 1.13 bits per heavy atom. The first kappa shape index (κ1) is 15.3. The standard InChI is InChI=1S/C18H21N3O2/c1-11-9-15(11)17(22)19-20-18(23)16-10-12(2)21(13(16)3)14-7-5-4-6-8-14/h4-8,10-11,15H,9H2,1-3H3,(H,19,22)(H,20,23)/t11-,15+/m0/s1. The average molecular weight is 311 g/mol. The van der Waals surface area contributed by atoms with Crippen LogP contribution in [0.2, 0.25) is 0 Å². The summed E-state index contributed by atoms with van der Waals surface area (Å²) in [6.07, 6.45) is 0.893. The van der Waals surface area contributed by atoms with Crippen LogP contribution in [-0.4, -0.2) is 16.4 Å². The van der Waals surface area contributed by atoms with Gasteiger partial charge in [-0.05, 0) is 44.4 Å². The summed E-state index contributed by atoms with van der Waals surface area (Å²) in [5.74, 6) is 0.0479. The molecule has 1 aromatic carbocycles. The highest BCUT2D eigenvalue weighted by Crippen LogP contribution is 2.37.